The molecule has 11 nitrogen and oxygen atoms in total. The Balaban J connectivity index is 1.88. The molecule has 28 heavy (non-hydrogen) atoms. The summed E-state index contributed by atoms with van der Waals surface area (Å²) >= 11 is 0. The zero-order valence-corrected chi connectivity index (χ0v) is 14.5. The third kappa shape index (κ3) is 3.67. The van der Waals surface area contributed by atoms with Crippen LogP contribution in [0.15, 0.2) is 47.5 Å². The van der Waals surface area contributed by atoms with E-state index in [1.54, 1.807) is 6.92 Å². The first-order chi connectivity index (χ1) is 13.3. The largest absolute Gasteiger partial charge is 0.324 e. The zero-order valence-electron chi connectivity index (χ0n) is 14.5. The lowest BCUT2D eigenvalue weighted by Gasteiger charge is -2.10. The number of amides is 1. The van der Waals surface area contributed by atoms with E-state index in [1.165, 1.54) is 30.3 Å². The number of hydrogen-bond acceptors (Lipinski definition) is 7. The lowest BCUT2D eigenvalue weighted by Crippen LogP contribution is -2.28. The summed E-state index contributed by atoms with van der Waals surface area (Å²) in [6, 6.07) is 7.72. The van der Waals surface area contributed by atoms with Crippen molar-refractivity contribution in [3.63, 3.8) is 0 Å². The van der Waals surface area contributed by atoms with Gasteiger partial charge in [-0.25, -0.2) is 4.98 Å². The molecule has 0 unspecified atom stereocenters. The van der Waals surface area contributed by atoms with E-state index in [1.807, 2.05) is 0 Å². The smallest absolute Gasteiger partial charge is 0.271 e. The molecular formula is C17H13N5O6. The lowest BCUT2D eigenvalue weighted by atomic mass is 10.2. The summed E-state index contributed by atoms with van der Waals surface area (Å²) in [5.74, 6) is -0.600. The first-order valence-corrected chi connectivity index (χ1v) is 7.95. The molecule has 0 radical (unpaired) electrons. The van der Waals surface area contributed by atoms with E-state index in [-0.39, 0.29) is 28.0 Å². The van der Waals surface area contributed by atoms with Gasteiger partial charge in [0.25, 0.3) is 16.9 Å². The van der Waals surface area contributed by atoms with Crippen LogP contribution >= 0.6 is 0 Å². The van der Waals surface area contributed by atoms with Crippen molar-refractivity contribution >= 4 is 33.9 Å². The van der Waals surface area contributed by atoms with E-state index >= 15 is 0 Å². The van der Waals surface area contributed by atoms with Crippen molar-refractivity contribution in [1.82, 2.24) is 9.55 Å². The maximum atomic E-state index is 12.5. The molecule has 11 heteroatoms. The Hall–Kier alpha value is -4.15. The van der Waals surface area contributed by atoms with Crippen molar-refractivity contribution in [2.24, 2.45) is 0 Å². The predicted molar refractivity (Wildman–Crippen MR) is 99.1 cm³/mol. The number of anilines is 1. The van der Waals surface area contributed by atoms with Crippen LogP contribution in [-0.4, -0.2) is 25.3 Å². The number of non-ortho nitro benzene ring substituents is 2. The molecule has 1 N–H and O–H groups in total. The van der Waals surface area contributed by atoms with E-state index in [4.69, 9.17) is 0 Å². The fourth-order valence-electron chi connectivity index (χ4n) is 2.58. The highest BCUT2D eigenvalue weighted by atomic mass is 16.6. The number of nitro groups is 2. The Morgan fingerprint density at radius 2 is 1.75 bits per heavy atom. The topological polar surface area (TPSA) is 150 Å². The fourth-order valence-corrected chi connectivity index (χ4v) is 2.58. The Bertz CT molecular complexity index is 1190. The first-order valence-electron chi connectivity index (χ1n) is 7.95. The molecule has 1 amide bonds. The van der Waals surface area contributed by atoms with Crippen molar-refractivity contribution < 1.29 is 14.6 Å². The van der Waals surface area contributed by atoms with Gasteiger partial charge in [0.05, 0.1) is 32.8 Å². The maximum absolute atomic E-state index is 12.5. The van der Waals surface area contributed by atoms with Crippen LogP contribution in [0.5, 0.6) is 0 Å². The Morgan fingerprint density at radius 1 is 1.11 bits per heavy atom. The highest BCUT2D eigenvalue weighted by Gasteiger charge is 2.14. The minimum atomic E-state index is -0.631. The number of nitro benzene ring substituents is 2. The molecule has 0 fully saturated rings. The Labute approximate surface area is 156 Å². The van der Waals surface area contributed by atoms with Crippen molar-refractivity contribution in [3.05, 3.63) is 78.9 Å². The molecule has 0 saturated carbocycles. The molecule has 0 spiro atoms. The van der Waals surface area contributed by atoms with Gasteiger partial charge in [-0.2, -0.15) is 0 Å². The second-order valence-corrected chi connectivity index (χ2v) is 5.94. The molecule has 2 aromatic carbocycles. The number of benzene rings is 2. The minimum Gasteiger partial charge on any atom is -0.324 e. The summed E-state index contributed by atoms with van der Waals surface area (Å²) in [7, 11) is 0. The molecular weight excluding hydrogens is 370 g/mol. The van der Waals surface area contributed by atoms with Crippen LogP contribution in [0.1, 0.15) is 5.56 Å². The van der Waals surface area contributed by atoms with Gasteiger partial charge in [-0.1, -0.05) is 6.07 Å². The molecule has 0 atom stereocenters. The van der Waals surface area contributed by atoms with Gasteiger partial charge in [0.1, 0.15) is 6.54 Å². The van der Waals surface area contributed by atoms with Gasteiger partial charge >= 0.3 is 0 Å². The number of aryl methyl sites for hydroxylation is 1. The SMILES string of the molecule is Cc1ccc([N+](=O)[O-])cc1NC(=O)Cn1cnc2ccc([N+](=O)[O-])cc2c1=O. The van der Waals surface area contributed by atoms with E-state index < -0.39 is 27.9 Å². The summed E-state index contributed by atoms with van der Waals surface area (Å²) in [6.07, 6.45) is 1.16. The molecule has 0 aliphatic heterocycles. The summed E-state index contributed by atoms with van der Waals surface area (Å²) in [5, 5.41) is 24.3. The predicted octanol–water partition coefficient (Wildman–Crippen LogP) is 2.16. The third-order valence-corrected chi connectivity index (χ3v) is 4.04. The summed E-state index contributed by atoms with van der Waals surface area (Å²) in [6.45, 7) is 1.26. The molecule has 0 aliphatic rings. The van der Waals surface area contributed by atoms with Crippen molar-refractivity contribution in [2.45, 2.75) is 13.5 Å². The average Bonchev–Trinajstić information content (AvgIpc) is 2.65. The van der Waals surface area contributed by atoms with Crippen molar-refractivity contribution in [2.75, 3.05) is 5.32 Å². The van der Waals surface area contributed by atoms with E-state index in [0.717, 1.165) is 17.0 Å². The molecule has 0 aliphatic carbocycles. The molecule has 1 heterocycles. The normalized spacial score (nSPS) is 10.6. The number of aromatic nitrogens is 2. The molecule has 3 aromatic rings. The number of carbonyl (C=O) groups excluding carboxylic acids is 1. The van der Waals surface area contributed by atoms with Crippen LogP contribution in [0.4, 0.5) is 17.1 Å². The van der Waals surface area contributed by atoms with Gasteiger partial charge in [0, 0.05) is 24.3 Å². The van der Waals surface area contributed by atoms with Gasteiger partial charge in [0.2, 0.25) is 5.91 Å². The zero-order chi connectivity index (χ0) is 20.4. The monoisotopic (exact) mass is 383 g/mol. The molecule has 3 rings (SSSR count). The van der Waals surface area contributed by atoms with Gasteiger partial charge in [0.15, 0.2) is 0 Å². The number of nitrogens with zero attached hydrogens (tertiary/aromatic N) is 4. The molecule has 0 saturated heterocycles. The van der Waals surface area contributed by atoms with Gasteiger partial charge in [-0.15, -0.1) is 0 Å². The molecule has 142 valence electrons. The number of hydrogen-bond donors (Lipinski definition) is 1. The Morgan fingerprint density at radius 3 is 2.43 bits per heavy atom. The summed E-state index contributed by atoms with van der Waals surface area (Å²) < 4.78 is 1.01. The number of rotatable bonds is 5. The van der Waals surface area contributed by atoms with Crippen LogP contribution in [0.3, 0.4) is 0 Å². The highest BCUT2D eigenvalue weighted by Crippen LogP contribution is 2.22. The minimum absolute atomic E-state index is 0.0102. The van der Waals surface area contributed by atoms with Crippen LogP contribution in [-0.2, 0) is 11.3 Å². The second-order valence-electron chi connectivity index (χ2n) is 5.94. The van der Waals surface area contributed by atoms with Gasteiger partial charge < -0.3 is 5.32 Å². The quantitative estimate of drug-likeness (QED) is 0.524. The number of fused-ring (bicyclic) bond motifs is 1. The van der Waals surface area contributed by atoms with Crippen LogP contribution in [0, 0.1) is 27.2 Å². The fraction of sp³-hybridized carbons (Fsp3) is 0.118. The van der Waals surface area contributed by atoms with Crippen molar-refractivity contribution in [1.29, 1.82) is 0 Å². The number of carbonyl (C=O) groups is 1. The van der Waals surface area contributed by atoms with Crippen molar-refractivity contribution in [3.8, 4) is 0 Å². The number of nitrogens with one attached hydrogen (secondary N) is 1. The van der Waals surface area contributed by atoms with Crippen LogP contribution in [0.25, 0.3) is 10.9 Å². The maximum Gasteiger partial charge on any atom is 0.271 e. The van der Waals surface area contributed by atoms with Gasteiger partial charge in [-0.05, 0) is 18.6 Å². The van der Waals surface area contributed by atoms with Crippen LogP contribution < -0.4 is 10.9 Å². The first kappa shape index (κ1) is 18.6. The highest BCUT2D eigenvalue weighted by molar-refractivity contribution is 5.92. The summed E-state index contributed by atoms with van der Waals surface area (Å²) in [5.41, 5.74) is 0.0650. The van der Waals surface area contributed by atoms with E-state index in [2.05, 4.69) is 10.3 Å². The molecule has 1 aromatic heterocycles. The standard InChI is InChI=1S/C17H13N5O6/c1-10-2-3-12(22(27)28)7-15(10)19-16(23)8-20-9-18-14-5-4-11(21(25)26)6-13(14)17(20)24/h2-7,9H,8H2,1H3,(H,19,23). The molecule has 0 bridgehead atoms. The summed E-state index contributed by atoms with van der Waals surface area (Å²) in [4.78, 5) is 49.4. The van der Waals surface area contributed by atoms with Gasteiger partial charge in [-0.3, -0.25) is 34.4 Å². The third-order valence-electron chi connectivity index (χ3n) is 4.04. The van der Waals surface area contributed by atoms with E-state index in [0.29, 0.717) is 5.56 Å². The second kappa shape index (κ2) is 7.23. The average molecular weight is 383 g/mol. The lowest BCUT2D eigenvalue weighted by molar-refractivity contribution is -0.384. The van der Waals surface area contributed by atoms with E-state index in [9.17, 15) is 29.8 Å². The van der Waals surface area contributed by atoms with Crippen LogP contribution in [0.2, 0.25) is 0 Å². The Kier molecular flexibility index (Phi) is 4.81.